The molecule has 134 valence electrons. The number of rotatable bonds is 5. The van der Waals surface area contributed by atoms with E-state index < -0.39 is 0 Å². The Hall–Kier alpha value is -1.27. The van der Waals surface area contributed by atoms with Crippen molar-refractivity contribution in [3.05, 3.63) is 17.7 Å². The molecule has 1 saturated heterocycles. The summed E-state index contributed by atoms with van der Waals surface area (Å²) in [5.41, 5.74) is 0.818. The summed E-state index contributed by atoms with van der Waals surface area (Å²) in [7, 11) is 3.75. The highest BCUT2D eigenvalue weighted by Gasteiger charge is 2.46. The predicted octanol–water partition coefficient (Wildman–Crippen LogP) is 2.36. The quantitative estimate of drug-likeness (QED) is 0.826. The number of ether oxygens (including phenoxy) is 1. The van der Waals surface area contributed by atoms with Gasteiger partial charge in [-0.25, -0.2) is 14.4 Å². The monoisotopic (exact) mass is 336 g/mol. The highest BCUT2D eigenvalue weighted by atomic mass is 19.1. The van der Waals surface area contributed by atoms with E-state index in [1.165, 1.54) is 12.6 Å². The van der Waals surface area contributed by atoms with Crippen LogP contribution < -0.4 is 4.90 Å². The fourth-order valence-electron chi connectivity index (χ4n) is 4.17. The Morgan fingerprint density at radius 3 is 2.92 bits per heavy atom. The Morgan fingerprint density at radius 2 is 2.21 bits per heavy atom. The van der Waals surface area contributed by atoms with Crippen LogP contribution in [0.2, 0.25) is 0 Å². The lowest BCUT2D eigenvalue weighted by Gasteiger charge is -2.48. The summed E-state index contributed by atoms with van der Waals surface area (Å²) in [5.74, 6) is 0.785. The zero-order valence-corrected chi connectivity index (χ0v) is 15.1. The van der Waals surface area contributed by atoms with Crippen LogP contribution in [0.15, 0.2) is 6.20 Å². The van der Waals surface area contributed by atoms with Gasteiger partial charge in [0.15, 0.2) is 5.82 Å². The van der Waals surface area contributed by atoms with Gasteiger partial charge in [0, 0.05) is 32.6 Å². The van der Waals surface area contributed by atoms with E-state index in [0.29, 0.717) is 24.0 Å². The minimum absolute atomic E-state index is 0.268. The van der Waals surface area contributed by atoms with E-state index in [1.54, 1.807) is 0 Å². The van der Waals surface area contributed by atoms with Crippen LogP contribution in [0.3, 0.4) is 0 Å². The van der Waals surface area contributed by atoms with E-state index in [0.717, 1.165) is 45.7 Å². The molecule has 3 rings (SSSR count). The average molecular weight is 336 g/mol. The predicted molar refractivity (Wildman–Crippen MR) is 92.7 cm³/mol. The number of anilines is 1. The second-order valence-corrected chi connectivity index (χ2v) is 7.67. The van der Waals surface area contributed by atoms with Gasteiger partial charge in [-0.3, -0.25) is 0 Å². The maximum absolute atomic E-state index is 14.0. The highest BCUT2D eigenvalue weighted by molar-refractivity contribution is 5.28. The zero-order chi connectivity index (χ0) is 17.2. The Balaban J connectivity index is 1.61. The summed E-state index contributed by atoms with van der Waals surface area (Å²) in [6.07, 6.45) is 5.38. The normalized spacial score (nSPS) is 27.8. The smallest absolute Gasteiger partial charge is 0.225 e. The first-order valence-corrected chi connectivity index (χ1v) is 9.00. The van der Waals surface area contributed by atoms with Crippen molar-refractivity contribution in [1.82, 2.24) is 14.9 Å². The Morgan fingerprint density at radius 1 is 1.42 bits per heavy atom. The molecule has 0 atom stereocenters. The van der Waals surface area contributed by atoms with E-state index in [2.05, 4.69) is 21.8 Å². The molecule has 0 aromatic carbocycles. The number of hydrogen-bond donors (Lipinski definition) is 0. The fraction of sp³-hybridized carbons (Fsp3) is 0.778. The van der Waals surface area contributed by atoms with E-state index >= 15 is 0 Å². The van der Waals surface area contributed by atoms with Crippen LogP contribution in [-0.4, -0.2) is 61.8 Å². The summed E-state index contributed by atoms with van der Waals surface area (Å²) < 4.78 is 19.9. The standard InChI is InChI=1S/C18H29FN4O/c1-4-5-23-6-7-24-13-18(12-23)9-14(10-18)8-16-15(19)11-20-17(21-16)22(2)3/h11,14H,4-10,12-13H2,1-3H3. The number of aromatic nitrogens is 2. The van der Waals surface area contributed by atoms with E-state index in [1.807, 2.05) is 19.0 Å². The van der Waals surface area contributed by atoms with Gasteiger partial charge in [0.1, 0.15) is 0 Å². The van der Waals surface area contributed by atoms with Crippen LogP contribution in [0.25, 0.3) is 0 Å². The van der Waals surface area contributed by atoms with Crippen LogP contribution in [0, 0.1) is 17.2 Å². The van der Waals surface area contributed by atoms with Gasteiger partial charge in [-0.05, 0) is 38.1 Å². The molecule has 1 spiro atoms. The van der Waals surface area contributed by atoms with Crippen molar-refractivity contribution in [3.63, 3.8) is 0 Å². The van der Waals surface area contributed by atoms with Crippen molar-refractivity contribution < 1.29 is 9.13 Å². The fourth-order valence-corrected chi connectivity index (χ4v) is 4.17. The maximum Gasteiger partial charge on any atom is 0.225 e. The second kappa shape index (κ2) is 7.31. The van der Waals surface area contributed by atoms with Crippen LogP contribution in [-0.2, 0) is 11.2 Å². The maximum atomic E-state index is 14.0. The Bertz CT molecular complexity index is 560. The summed E-state index contributed by atoms with van der Waals surface area (Å²) in [4.78, 5) is 12.8. The summed E-state index contributed by atoms with van der Waals surface area (Å²) >= 11 is 0. The molecule has 0 amide bonds. The first-order valence-electron chi connectivity index (χ1n) is 9.00. The highest BCUT2D eigenvalue weighted by Crippen LogP contribution is 2.48. The zero-order valence-electron chi connectivity index (χ0n) is 15.1. The Kier molecular flexibility index (Phi) is 5.35. The van der Waals surface area contributed by atoms with E-state index in [4.69, 9.17) is 4.74 Å². The summed E-state index contributed by atoms with van der Waals surface area (Å²) in [6, 6.07) is 0. The average Bonchev–Trinajstić information content (AvgIpc) is 2.72. The Labute approximate surface area is 144 Å². The van der Waals surface area contributed by atoms with Gasteiger partial charge in [0.05, 0.1) is 25.1 Å². The lowest BCUT2D eigenvalue weighted by Crippen LogP contribution is -2.48. The molecule has 1 aliphatic carbocycles. The number of halogens is 1. The molecular formula is C18H29FN4O. The molecular weight excluding hydrogens is 307 g/mol. The lowest BCUT2D eigenvalue weighted by molar-refractivity contribution is -0.0299. The minimum atomic E-state index is -0.286. The molecule has 0 unspecified atom stereocenters. The van der Waals surface area contributed by atoms with Gasteiger partial charge in [-0.15, -0.1) is 0 Å². The first kappa shape index (κ1) is 17.5. The molecule has 0 N–H and O–H groups in total. The van der Waals surface area contributed by atoms with Crippen LogP contribution in [0.1, 0.15) is 31.9 Å². The largest absolute Gasteiger partial charge is 0.379 e. The van der Waals surface area contributed by atoms with Crippen molar-refractivity contribution in [2.24, 2.45) is 11.3 Å². The van der Waals surface area contributed by atoms with Gasteiger partial charge in [-0.1, -0.05) is 6.92 Å². The lowest BCUT2D eigenvalue weighted by atomic mass is 9.61. The molecule has 0 bridgehead atoms. The molecule has 6 heteroatoms. The van der Waals surface area contributed by atoms with Gasteiger partial charge < -0.3 is 14.5 Å². The molecule has 1 saturated carbocycles. The molecule has 1 aromatic rings. The third kappa shape index (κ3) is 3.86. The van der Waals surface area contributed by atoms with Crippen LogP contribution in [0.5, 0.6) is 0 Å². The van der Waals surface area contributed by atoms with Gasteiger partial charge in [0.2, 0.25) is 5.95 Å². The molecule has 2 aliphatic rings. The minimum Gasteiger partial charge on any atom is -0.379 e. The van der Waals surface area contributed by atoms with Crippen molar-refractivity contribution in [2.75, 3.05) is 51.8 Å². The molecule has 1 aromatic heterocycles. The van der Waals surface area contributed by atoms with Crippen molar-refractivity contribution in [1.29, 1.82) is 0 Å². The van der Waals surface area contributed by atoms with Gasteiger partial charge in [0.25, 0.3) is 0 Å². The topological polar surface area (TPSA) is 41.5 Å². The third-order valence-corrected chi connectivity index (χ3v) is 5.19. The third-order valence-electron chi connectivity index (χ3n) is 5.19. The van der Waals surface area contributed by atoms with Gasteiger partial charge in [-0.2, -0.15) is 0 Å². The van der Waals surface area contributed by atoms with Crippen LogP contribution in [0.4, 0.5) is 10.3 Å². The molecule has 5 nitrogen and oxygen atoms in total. The second-order valence-electron chi connectivity index (χ2n) is 7.67. The van der Waals surface area contributed by atoms with Gasteiger partial charge >= 0.3 is 0 Å². The molecule has 0 radical (unpaired) electrons. The van der Waals surface area contributed by atoms with E-state index in [-0.39, 0.29) is 11.2 Å². The van der Waals surface area contributed by atoms with E-state index in [9.17, 15) is 4.39 Å². The molecule has 24 heavy (non-hydrogen) atoms. The van der Waals surface area contributed by atoms with Crippen molar-refractivity contribution in [3.8, 4) is 0 Å². The molecule has 2 fully saturated rings. The summed E-state index contributed by atoms with van der Waals surface area (Å²) in [5, 5.41) is 0. The van der Waals surface area contributed by atoms with Crippen molar-refractivity contribution in [2.45, 2.75) is 32.6 Å². The number of nitrogens with zero attached hydrogens (tertiary/aromatic N) is 4. The molecule has 1 aliphatic heterocycles. The first-order chi connectivity index (χ1) is 11.5. The number of hydrogen-bond acceptors (Lipinski definition) is 5. The van der Waals surface area contributed by atoms with Crippen LogP contribution >= 0.6 is 0 Å². The van der Waals surface area contributed by atoms with Crippen molar-refractivity contribution >= 4 is 5.95 Å². The molecule has 2 heterocycles. The SMILES string of the molecule is CCCN1CCOCC2(CC(Cc3nc(N(C)C)ncc3F)C2)C1. The summed E-state index contributed by atoms with van der Waals surface area (Å²) in [6.45, 7) is 7.20.